The Morgan fingerprint density at radius 2 is 1.86 bits per heavy atom. The van der Waals surface area contributed by atoms with Crippen molar-refractivity contribution in [3.05, 3.63) is 94.5 Å². The number of carbonyl (C=O) groups excluding carboxylic acids is 3. The summed E-state index contributed by atoms with van der Waals surface area (Å²) in [4.78, 5) is 45.2. The molecule has 3 N–H and O–H groups in total. The van der Waals surface area contributed by atoms with Crippen LogP contribution in [0.4, 0.5) is 11.4 Å². The van der Waals surface area contributed by atoms with Crippen LogP contribution in [0.15, 0.2) is 77.8 Å². The zero-order chi connectivity index (χ0) is 25.8. The highest BCUT2D eigenvalue weighted by molar-refractivity contribution is 6.31. The molecule has 3 amide bonds. The van der Waals surface area contributed by atoms with E-state index in [-0.39, 0.29) is 12.3 Å². The molecule has 0 spiro atoms. The molecular formula is C28H26ClN5O3. The van der Waals surface area contributed by atoms with Crippen molar-refractivity contribution in [2.45, 2.75) is 18.9 Å². The number of carbonyl (C=O) groups is 3. The number of hydrogen-bond acceptors (Lipinski definition) is 5. The van der Waals surface area contributed by atoms with Crippen LogP contribution in [-0.2, 0) is 16.0 Å². The number of nitrogens with zero attached hydrogens (tertiary/aromatic N) is 2. The van der Waals surface area contributed by atoms with E-state index >= 15 is 0 Å². The zero-order valence-corrected chi connectivity index (χ0v) is 20.8. The summed E-state index contributed by atoms with van der Waals surface area (Å²) in [5.74, 6) is -0.221. The van der Waals surface area contributed by atoms with E-state index in [2.05, 4.69) is 20.9 Å². The van der Waals surface area contributed by atoms with Crippen LogP contribution in [0.2, 0.25) is 5.02 Å². The lowest BCUT2D eigenvalue weighted by Crippen LogP contribution is -2.53. The fourth-order valence-electron chi connectivity index (χ4n) is 4.50. The molecule has 0 aliphatic carbocycles. The van der Waals surface area contributed by atoms with Crippen LogP contribution in [-0.4, -0.2) is 49.2 Å². The van der Waals surface area contributed by atoms with E-state index in [0.717, 1.165) is 30.1 Å². The van der Waals surface area contributed by atoms with Crippen molar-refractivity contribution in [2.75, 3.05) is 29.9 Å². The second-order valence-electron chi connectivity index (χ2n) is 8.87. The molecule has 3 aromatic rings. The fourth-order valence-corrected chi connectivity index (χ4v) is 4.69. The molecule has 0 fully saturated rings. The van der Waals surface area contributed by atoms with E-state index in [1.807, 2.05) is 24.3 Å². The molecule has 3 aromatic carbocycles. The van der Waals surface area contributed by atoms with Crippen LogP contribution >= 0.6 is 11.6 Å². The number of amides is 3. The summed E-state index contributed by atoms with van der Waals surface area (Å²) in [7, 11) is 0. The molecule has 1 atom stereocenters. The smallest absolute Gasteiger partial charge is 0.259 e. The highest BCUT2D eigenvalue weighted by Gasteiger charge is 2.38. The van der Waals surface area contributed by atoms with E-state index in [4.69, 9.17) is 11.6 Å². The van der Waals surface area contributed by atoms with Crippen LogP contribution in [0.1, 0.15) is 27.9 Å². The lowest BCUT2D eigenvalue weighted by Gasteiger charge is -2.36. The summed E-state index contributed by atoms with van der Waals surface area (Å²) in [6.45, 7) is 2.05. The van der Waals surface area contributed by atoms with E-state index < -0.39 is 17.9 Å². The van der Waals surface area contributed by atoms with Crippen molar-refractivity contribution in [3.63, 3.8) is 0 Å². The van der Waals surface area contributed by atoms with Gasteiger partial charge in [-0.2, -0.15) is 0 Å². The van der Waals surface area contributed by atoms with Gasteiger partial charge < -0.3 is 16.0 Å². The molecule has 0 aromatic heterocycles. The second-order valence-corrected chi connectivity index (χ2v) is 9.30. The van der Waals surface area contributed by atoms with Gasteiger partial charge in [0.25, 0.3) is 5.91 Å². The number of benzene rings is 3. The summed E-state index contributed by atoms with van der Waals surface area (Å²) < 4.78 is 0. The summed E-state index contributed by atoms with van der Waals surface area (Å²) in [5, 5.41) is 9.37. The Hall–Kier alpha value is -4.17. The molecule has 37 heavy (non-hydrogen) atoms. The van der Waals surface area contributed by atoms with Crippen LogP contribution in [0, 0.1) is 0 Å². The Morgan fingerprint density at radius 3 is 2.62 bits per heavy atom. The highest BCUT2D eigenvalue weighted by Crippen LogP contribution is 2.34. The van der Waals surface area contributed by atoms with Crippen LogP contribution in [0.5, 0.6) is 0 Å². The second kappa shape index (κ2) is 10.8. The molecule has 0 radical (unpaired) electrons. The molecule has 5 rings (SSSR count). The SMILES string of the molecule is O=C(CC1C(=O)Nc2ccccc2N1C(=O)c1cccc(Cl)c1)NCCc1ccc(C2=NCCN2)cc1. The van der Waals surface area contributed by atoms with Gasteiger partial charge in [0, 0.05) is 29.2 Å². The molecule has 188 valence electrons. The van der Waals surface area contributed by atoms with Gasteiger partial charge in [-0.25, -0.2) is 0 Å². The average Bonchev–Trinajstić information content (AvgIpc) is 3.44. The van der Waals surface area contributed by atoms with Crippen molar-refractivity contribution in [3.8, 4) is 0 Å². The van der Waals surface area contributed by atoms with E-state index in [1.165, 1.54) is 4.90 Å². The third-order valence-electron chi connectivity index (χ3n) is 6.34. The minimum Gasteiger partial charge on any atom is -0.368 e. The van der Waals surface area contributed by atoms with Crippen molar-refractivity contribution >= 4 is 46.5 Å². The number of rotatable bonds is 7. The number of amidine groups is 1. The maximum atomic E-state index is 13.5. The molecule has 9 heteroatoms. The Balaban J connectivity index is 1.26. The molecule has 2 aliphatic heterocycles. The number of hydrogen-bond donors (Lipinski definition) is 3. The molecule has 2 aliphatic rings. The van der Waals surface area contributed by atoms with Crippen LogP contribution in [0.25, 0.3) is 0 Å². The van der Waals surface area contributed by atoms with Crippen LogP contribution in [0.3, 0.4) is 0 Å². The molecule has 2 heterocycles. The first-order chi connectivity index (χ1) is 18.0. The first kappa shape index (κ1) is 24.5. The predicted octanol–water partition coefficient (Wildman–Crippen LogP) is 3.41. The summed E-state index contributed by atoms with van der Waals surface area (Å²) in [5.41, 5.74) is 3.50. The quantitative estimate of drug-likeness (QED) is 0.448. The van der Waals surface area contributed by atoms with Crippen molar-refractivity contribution in [2.24, 2.45) is 4.99 Å². The first-order valence-electron chi connectivity index (χ1n) is 12.1. The van der Waals surface area contributed by atoms with Gasteiger partial charge in [0.05, 0.1) is 24.3 Å². The van der Waals surface area contributed by atoms with Crippen LogP contribution < -0.4 is 20.9 Å². The standard InChI is InChI=1S/C28H26ClN5O3/c29-21-5-3-4-20(16-21)28(37)34-23-7-2-1-6-22(23)33-27(36)24(34)17-25(35)30-13-12-18-8-10-19(11-9-18)26-31-14-15-32-26/h1-11,16,24H,12-15,17H2,(H,30,35)(H,31,32)(H,33,36). The largest absolute Gasteiger partial charge is 0.368 e. The first-order valence-corrected chi connectivity index (χ1v) is 12.5. The summed E-state index contributed by atoms with van der Waals surface area (Å²) in [6.07, 6.45) is 0.466. The average molecular weight is 516 g/mol. The van der Waals surface area contributed by atoms with E-state index in [1.54, 1.807) is 48.5 Å². The molecule has 8 nitrogen and oxygen atoms in total. The van der Waals surface area contributed by atoms with Gasteiger partial charge in [-0.15, -0.1) is 0 Å². The molecule has 1 unspecified atom stereocenters. The van der Waals surface area contributed by atoms with Gasteiger partial charge in [0.1, 0.15) is 11.9 Å². The number of aliphatic imine (C=N–C) groups is 1. The van der Waals surface area contributed by atoms with Gasteiger partial charge >= 0.3 is 0 Å². The Labute approximate surface area is 219 Å². The van der Waals surface area contributed by atoms with Gasteiger partial charge in [0.15, 0.2) is 0 Å². The molecule has 0 bridgehead atoms. The number of nitrogens with one attached hydrogen (secondary N) is 3. The van der Waals surface area contributed by atoms with Crippen molar-refractivity contribution in [1.82, 2.24) is 10.6 Å². The molecular weight excluding hydrogens is 490 g/mol. The van der Waals surface area contributed by atoms with Gasteiger partial charge in [-0.05, 0) is 42.3 Å². The Bertz CT molecular complexity index is 1370. The predicted molar refractivity (Wildman–Crippen MR) is 144 cm³/mol. The highest BCUT2D eigenvalue weighted by atomic mass is 35.5. The third kappa shape index (κ3) is 5.49. The number of para-hydroxylation sites is 2. The Morgan fingerprint density at radius 1 is 1.05 bits per heavy atom. The Kier molecular flexibility index (Phi) is 7.18. The van der Waals surface area contributed by atoms with Crippen molar-refractivity contribution in [1.29, 1.82) is 0 Å². The molecule has 0 saturated heterocycles. The lowest BCUT2D eigenvalue weighted by atomic mass is 10.0. The fraction of sp³-hybridized carbons (Fsp3) is 0.214. The monoisotopic (exact) mass is 515 g/mol. The summed E-state index contributed by atoms with van der Waals surface area (Å²) in [6, 6.07) is 20.6. The summed E-state index contributed by atoms with van der Waals surface area (Å²) >= 11 is 6.10. The van der Waals surface area contributed by atoms with Gasteiger partial charge in [-0.1, -0.05) is 54.1 Å². The zero-order valence-electron chi connectivity index (χ0n) is 20.0. The topological polar surface area (TPSA) is 103 Å². The van der Waals surface area contributed by atoms with Crippen molar-refractivity contribution < 1.29 is 14.4 Å². The van der Waals surface area contributed by atoms with Gasteiger partial charge in [-0.3, -0.25) is 24.3 Å². The lowest BCUT2D eigenvalue weighted by molar-refractivity contribution is -0.125. The number of fused-ring (bicyclic) bond motifs is 1. The minimum atomic E-state index is -1.000. The normalized spacial score (nSPS) is 16.4. The molecule has 0 saturated carbocycles. The maximum absolute atomic E-state index is 13.5. The third-order valence-corrected chi connectivity index (χ3v) is 6.58. The van der Waals surface area contributed by atoms with E-state index in [9.17, 15) is 14.4 Å². The van der Waals surface area contributed by atoms with Gasteiger partial charge in [0.2, 0.25) is 11.8 Å². The number of anilines is 2. The van der Waals surface area contributed by atoms with E-state index in [0.29, 0.717) is 34.9 Å². The minimum absolute atomic E-state index is 0.170. The maximum Gasteiger partial charge on any atom is 0.259 e. The number of halogens is 1.